The first-order chi connectivity index (χ1) is 9.03. The Kier molecular flexibility index (Phi) is 3.16. The highest BCUT2D eigenvalue weighted by atomic mass is 16.5. The molecule has 0 bridgehead atoms. The van der Waals surface area contributed by atoms with Crippen molar-refractivity contribution in [3.8, 4) is 0 Å². The van der Waals surface area contributed by atoms with Gasteiger partial charge in [-0.1, -0.05) is 31.8 Å². The SMILES string of the molecule is CC(C)c1nc(C2(N)CCC3(CCCC3)CC2)no1. The summed E-state index contributed by atoms with van der Waals surface area (Å²) in [6.07, 6.45) is 10.1. The lowest BCUT2D eigenvalue weighted by Gasteiger charge is -2.41. The van der Waals surface area contributed by atoms with E-state index in [1.807, 2.05) is 0 Å². The first-order valence-corrected chi connectivity index (χ1v) is 7.66. The van der Waals surface area contributed by atoms with E-state index in [4.69, 9.17) is 10.3 Å². The Balaban J connectivity index is 1.73. The molecule has 1 aromatic rings. The van der Waals surface area contributed by atoms with Crippen molar-refractivity contribution in [2.24, 2.45) is 11.1 Å². The Hall–Kier alpha value is -0.900. The third-order valence-electron chi connectivity index (χ3n) is 5.25. The Labute approximate surface area is 115 Å². The first kappa shape index (κ1) is 13.1. The van der Waals surface area contributed by atoms with Gasteiger partial charge < -0.3 is 10.3 Å². The van der Waals surface area contributed by atoms with Crippen molar-refractivity contribution in [2.75, 3.05) is 0 Å². The molecule has 1 heterocycles. The fourth-order valence-electron chi connectivity index (χ4n) is 3.75. The average molecular weight is 263 g/mol. The summed E-state index contributed by atoms with van der Waals surface area (Å²) in [7, 11) is 0. The summed E-state index contributed by atoms with van der Waals surface area (Å²) in [6, 6.07) is 0. The average Bonchev–Trinajstić information content (AvgIpc) is 3.04. The van der Waals surface area contributed by atoms with E-state index in [0.717, 1.165) is 18.7 Å². The zero-order valence-electron chi connectivity index (χ0n) is 12.1. The van der Waals surface area contributed by atoms with Crippen LogP contribution < -0.4 is 5.73 Å². The van der Waals surface area contributed by atoms with Gasteiger partial charge in [0.15, 0.2) is 5.82 Å². The normalized spacial score (nSPS) is 25.3. The van der Waals surface area contributed by atoms with Gasteiger partial charge in [-0.05, 0) is 43.9 Å². The number of nitrogens with two attached hydrogens (primary N) is 1. The van der Waals surface area contributed by atoms with Crippen molar-refractivity contribution in [2.45, 2.75) is 76.7 Å². The zero-order valence-corrected chi connectivity index (χ0v) is 12.1. The number of nitrogens with zero attached hydrogens (tertiary/aromatic N) is 2. The van der Waals surface area contributed by atoms with Crippen LogP contribution in [0.3, 0.4) is 0 Å². The molecule has 2 N–H and O–H groups in total. The fraction of sp³-hybridized carbons (Fsp3) is 0.867. The molecule has 0 aromatic carbocycles. The highest BCUT2D eigenvalue weighted by Crippen LogP contribution is 2.52. The molecule has 4 heteroatoms. The van der Waals surface area contributed by atoms with Gasteiger partial charge in [-0.25, -0.2) is 0 Å². The molecule has 19 heavy (non-hydrogen) atoms. The number of hydrogen-bond acceptors (Lipinski definition) is 4. The minimum Gasteiger partial charge on any atom is -0.339 e. The van der Waals surface area contributed by atoms with E-state index in [-0.39, 0.29) is 11.5 Å². The molecular weight excluding hydrogens is 238 g/mol. The van der Waals surface area contributed by atoms with Crippen molar-refractivity contribution in [3.63, 3.8) is 0 Å². The second kappa shape index (κ2) is 4.58. The number of aromatic nitrogens is 2. The maximum Gasteiger partial charge on any atom is 0.229 e. The molecular formula is C15H25N3O. The lowest BCUT2D eigenvalue weighted by molar-refractivity contribution is 0.127. The molecule has 0 amide bonds. The number of rotatable bonds is 2. The summed E-state index contributed by atoms with van der Waals surface area (Å²) < 4.78 is 5.32. The molecule has 4 nitrogen and oxygen atoms in total. The Morgan fingerprint density at radius 2 is 1.68 bits per heavy atom. The van der Waals surface area contributed by atoms with Gasteiger partial charge in [-0.3, -0.25) is 0 Å². The van der Waals surface area contributed by atoms with Gasteiger partial charge in [-0.15, -0.1) is 0 Å². The lowest BCUT2D eigenvalue weighted by atomic mass is 9.66. The molecule has 0 atom stereocenters. The molecule has 1 aromatic heterocycles. The van der Waals surface area contributed by atoms with Crippen LogP contribution in [0.2, 0.25) is 0 Å². The first-order valence-electron chi connectivity index (χ1n) is 7.66. The van der Waals surface area contributed by atoms with Crippen LogP contribution >= 0.6 is 0 Å². The summed E-state index contributed by atoms with van der Waals surface area (Å²) in [6.45, 7) is 4.13. The van der Waals surface area contributed by atoms with Crippen LogP contribution in [0.1, 0.15) is 82.8 Å². The summed E-state index contributed by atoms with van der Waals surface area (Å²) in [5.74, 6) is 1.71. The van der Waals surface area contributed by atoms with Gasteiger partial charge in [0.25, 0.3) is 0 Å². The molecule has 0 unspecified atom stereocenters. The summed E-state index contributed by atoms with van der Waals surface area (Å²) in [5, 5.41) is 4.14. The lowest BCUT2D eigenvalue weighted by Crippen LogP contribution is -2.44. The quantitative estimate of drug-likeness (QED) is 0.887. The highest BCUT2D eigenvalue weighted by molar-refractivity contribution is 5.09. The van der Waals surface area contributed by atoms with Crippen molar-refractivity contribution in [1.82, 2.24) is 10.1 Å². The second-order valence-corrected chi connectivity index (χ2v) is 6.97. The van der Waals surface area contributed by atoms with Gasteiger partial charge in [0.2, 0.25) is 5.89 Å². The van der Waals surface area contributed by atoms with E-state index >= 15 is 0 Å². The maximum absolute atomic E-state index is 6.56. The monoisotopic (exact) mass is 263 g/mol. The standard InChI is InChI=1S/C15H25N3O/c1-11(2)12-17-13(18-19-12)15(16)9-7-14(8-10-15)5-3-4-6-14/h11H,3-10,16H2,1-2H3. The van der Waals surface area contributed by atoms with Crippen LogP contribution in [-0.4, -0.2) is 10.1 Å². The summed E-state index contributed by atoms with van der Waals surface area (Å²) in [4.78, 5) is 4.52. The highest BCUT2D eigenvalue weighted by Gasteiger charge is 2.44. The molecule has 1 spiro atoms. The molecule has 106 valence electrons. The summed E-state index contributed by atoms with van der Waals surface area (Å²) >= 11 is 0. The molecule has 0 aliphatic heterocycles. The maximum atomic E-state index is 6.56. The van der Waals surface area contributed by atoms with Crippen LogP contribution in [-0.2, 0) is 5.54 Å². The predicted octanol–water partition coefficient (Wildman–Crippen LogP) is 3.48. The Bertz CT molecular complexity index is 436. The third-order valence-corrected chi connectivity index (χ3v) is 5.25. The predicted molar refractivity (Wildman–Crippen MR) is 73.6 cm³/mol. The molecule has 2 aliphatic carbocycles. The van der Waals surface area contributed by atoms with Crippen molar-refractivity contribution in [3.05, 3.63) is 11.7 Å². The molecule has 3 rings (SSSR count). The van der Waals surface area contributed by atoms with E-state index in [2.05, 4.69) is 24.0 Å². The van der Waals surface area contributed by atoms with Crippen molar-refractivity contribution in [1.29, 1.82) is 0 Å². The third kappa shape index (κ3) is 2.31. The molecule has 2 saturated carbocycles. The van der Waals surface area contributed by atoms with E-state index in [1.165, 1.54) is 38.5 Å². The molecule has 2 aliphatic rings. The molecule has 0 radical (unpaired) electrons. The van der Waals surface area contributed by atoms with Crippen LogP contribution in [0.15, 0.2) is 4.52 Å². The van der Waals surface area contributed by atoms with E-state index in [1.54, 1.807) is 0 Å². The topological polar surface area (TPSA) is 64.9 Å². The minimum absolute atomic E-state index is 0.273. The Morgan fingerprint density at radius 1 is 1.05 bits per heavy atom. The van der Waals surface area contributed by atoms with Crippen LogP contribution in [0.5, 0.6) is 0 Å². The summed E-state index contributed by atoms with van der Waals surface area (Å²) in [5.41, 5.74) is 6.79. The number of hydrogen-bond donors (Lipinski definition) is 1. The van der Waals surface area contributed by atoms with Gasteiger partial charge in [-0.2, -0.15) is 4.98 Å². The van der Waals surface area contributed by atoms with Crippen LogP contribution in [0, 0.1) is 5.41 Å². The molecule has 0 saturated heterocycles. The Morgan fingerprint density at radius 3 is 2.21 bits per heavy atom. The fourth-order valence-corrected chi connectivity index (χ4v) is 3.75. The van der Waals surface area contributed by atoms with E-state index in [9.17, 15) is 0 Å². The minimum atomic E-state index is -0.357. The van der Waals surface area contributed by atoms with Gasteiger partial charge >= 0.3 is 0 Å². The van der Waals surface area contributed by atoms with Gasteiger partial charge in [0, 0.05) is 5.92 Å². The van der Waals surface area contributed by atoms with Gasteiger partial charge in [0.05, 0.1) is 5.54 Å². The van der Waals surface area contributed by atoms with Gasteiger partial charge in [0.1, 0.15) is 0 Å². The zero-order chi connectivity index (χ0) is 13.5. The largest absolute Gasteiger partial charge is 0.339 e. The van der Waals surface area contributed by atoms with E-state index in [0.29, 0.717) is 11.3 Å². The van der Waals surface area contributed by atoms with Crippen molar-refractivity contribution >= 4 is 0 Å². The second-order valence-electron chi connectivity index (χ2n) is 6.97. The van der Waals surface area contributed by atoms with E-state index < -0.39 is 0 Å². The smallest absolute Gasteiger partial charge is 0.229 e. The molecule has 2 fully saturated rings. The van der Waals surface area contributed by atoms with Crippen LogP contribution in [0.4, 0.5) is 0 Å². The van der Waals surface area contributed by atoms with Crippen molar-refractivity contribution < 1.29 is 4.52 Å². The van der Waals surface area contributed by atoms with Crippen LogP contribution in [0.25, 0.3) is 0 Å².